The van der Waals surface area contributed by atoms with Crippen LogP contribution in [0.25, 0.3) is 0 Å². The second-order valence-electron chi connectivity index (χ2n) is 3.72. The average Bonchev–Trinajstić information content (AvgIpc) is 2.73. The smallest absolute Gasteiger partial charge is 0.142 e. The number of hydrogen-bond donors (Lipinski definition) is 1. The monoisotopic (exact) mass is 253 g/mol. The molecule has 0 radical (unpaired) electrons. The molecule has 5 heteroatoms. The van der Waals surface area contributed by atoms with E-state index in [0.717, 1.165) is 11.4 Å². The second-order valence-corrected chi connectivity index (χ2v) is 4.10. The van der Waals surface area contributed by atoms with Crippen LogP contribution < -0.4 is 5.73 Å². The predicted octanol–water partition coefficient (Wildman–Crippen LogP) is 2.23. The van der Waals surface area contributed by atoms with Gasteiger partial charge >= 0.3 is 0 Å². The normalized spacial score (nSPS) is 10.8. The van der Waals surface area contributed by atoms with Crippen LogP contribution in [0.4, 0.5) is 4.39 Å². The van der Waals surface area contributed by atoms with Crippen LogP contribution in [0.2, 0.25) is 5.02 Å². The number of benzene rings is 1. The van der Waals surface area contributed by atoms with Crippen molar-refractivity contribution in [2.24, 2.45) is 5.73 Å². The van der Waals surface area contributed by atoms with E-state index in [1.54, 1.807) is 18.3 Å². The highest BCUT2D eigenvalue weighted by Gasteiger charge is 2.08. The lowest BCUT2D eigenvalue weighted by atomic mass is 10.2. The molecule has 0 aliphatic heterocycles. The van der Waals surface area contributed by atoms with Gasteiger partial charge in [0.25, 0.3) is 0 Å². The minimum absolute atomic E-state index is 0.167. The number of halogens is 2. The Morgan fingerprint density at radius 1 is 1.41 bits per heavy atom. The largest absolute Gasteiger partial charge is 0.330 e. The Bertz CT molecular complexity index is 510. The van der Waals surface area contributed by atoms with E-state index in [2.05, 4.69) is 4.98 Å². The summed E-state index contributed by atoms with van der Waals surface area (Å²) >= 11 is 5.91. The molecule has 17 heavy (non-hydrogen) atoms. The standard InChI is InChI=1S/C12H13ClFN3/c13-12-9(2-1-3-10(12)14)8-17-7-6-16-11(17)4-5-15/h1-3,6-7H,4-5,8,15H2. The summed E-state index contributed by atoms with van der Waals surface area (Å²) in [4.78, 5) is 4.20. The summed E-state index contributed by atoms with van der Waals surface area (Å²) in [7, 11) is 0. The highest BCUT2D eigenvalue weighted by atomic mass is 35.5. The van der Waals surface area contributed by atoms with Gasteiger partial charge in [-0.25, -0.2) is 9.37 Å². The Hall–Kier alpha value is -1.39. The van der Waals surface area contributed by atoms with Crippen molar-refractivity contribution < 1.29 is 4.39 Å². The molecule has 0 bridgehead atoms. The van der Waals surface area contributed by atoms with Gasteiger partial charge in [0.15, 0.2) is 0 Å². The number of hydrogen-bond acceptors (Lipinski definition) is 2. The van der Waals surface area contributed by atoms with E-state index >= 15 is 0 Å². The van der Waals surface area contributed by atoms with E-state index in [0.29, 0.717) is 19.5 Å². The molecule has 0 saturated heterocycles. The maximum Gasteiger partial charge on any atom is 0.142 e. The van der Waals surface area contributed by atoms with E-state index < -0.39 is 5.82 Å². The van der Waals surface area contributed by atoms with Crippen LogP contribution in [0.3, 0.4) is 0 Å². The first-order valence-corrected chi connectivity index (χ1v) is 5.73. The lowest BCUT2D eigenvalue weighted by Crippen LogP contribution is -2.10. The molecule has 0 amide bonds. The molecule has 2 N–H and O–H groups in total. The lowest BCUT2D eigenvalue weighted by Gasteiger charge is -2.09. The van der Waals surface area contributed by atoms with Crippen LogP contribution >= 0.6 is 11.6 Å². The Labute approximate surface area is 104 Å². The van der Waals surface area contributed by atoms with Crippen molar-refractivity contribution >= 4 is 11.6 Å². The third-order valence-electron chi connectivity index (χ3n) is 2.54. The topological polar surface area (TPSA) is 43.8 Å². The minimum Gasteiger partial charge on any atom is -0.330 e. The zero-order valence-corrected chi connectivity index (χ0v) is 9.99. The number of aromatic nitrogens is 2. The molecule has 0 aliphatic rings. The zero-order valence-electron chi connectivity index (χ0n) is 9.24. The van der Waals surface area contributed by atoms with Gasteiger partial charge in [0.1, 0.15) is 11.6 Å². The first-order valence-electron chi connectivity index (χ1n) is 5.35. The fraction of sp³-hybridized carbons (Fsp3) is 0.250. The lowest BCUT2D eigenvalue weighted by molar-refractivity contribution is 0.622. The highest BCUT2D eigenvalue weighted by Crippen LogP contribution is 2.20. The van der Waals surface area contributed by atoms with Crippen molar-refractivity contribution in [1.82, 2.24) is 9.55 Å². The minimum atomic E-state index is -0.398. The van der Waals surface area contributed by atoms with Crippen LogP contribution in [0.15, 0.2) is 30.6 Å². The van der Waals surface area contributed by atoms with Gasteiger partial charge < -0.3 is 10.3 Å². The molecule has 0 aliphatic carbocycles. The molecule has 90 valence electrons. The second kappa shape index (κ2) is 5.29. The first-order chi connectivity index (χ1) is 8.22. The summed E-state index contributed by atoms with van der Waals surface area (Å²) in [5.74, 6) is 0.484. The van der Waals surface area contributed by atoms with Crippen LogP contribution in [-0.4, -0.2) is 16.1 Å². The van der Waals surface area contributed by atoms with Crippen LogP contribution in [0.1, 0.15) is 11.4 Å². The molecule has 1 heterocycles. The summed E-state index contributed by atoms with van der Waals surface area (Å²) in [6, 6.07) is 4.80. The summed E-state index contributed by atoms with van der Waals surface area (Å²) in [6.07, 6.45) is 4.24. The fourth-order valence-corrected chi connectivity index (χ4v) is 1.88. The van der Waals surface area contributed by atoms with Gasteiger partial charge in [-0.1, -0.05) is 23.7 Å². The number of rotatable bonds is 4. The number of nitrogens with zero attached hydrogens (tertiary/aromatic N) is 2. The molecule has 3 nitrogen and oxygen atoms in total. The molecule has 2 rings (SSSR count). The van der Waals surface area contributed by atoms with E-state index in [4.69, 9.17) is 17.3 Å². The molecule has 0 unspecified atom stereocenters. The molecule has 2 aromatic rings. The summed E-state index contributed by atoms with van der Waals surface area (Å²) in [5.41, 5.74) is 6.24. The number of nitrogens with two attached hydrogens (primary N) is 1. The quantitative estimate of drug-likeness (QED) is 0.908. The summed E-state index contributed by atoms with van der Waals surface area (Å²) in [5, 5.41) is 0.167. The van der Waals surface area contributed by atoms with Crippen LogP contribution in [-0.2, 0) is 13.0 Å². The van der Waals surface area contributed by atoms with Gasteiger partial charge in [-0.05, 0) is 18.2 Å². The van der Waals surface area contributed by atoms with Gasteiger partial charge in [0.05, 0.1) is 11.6 Å². The third-order valence-corrected chi connectivity index (χ3v) is 2.97. The maximum absolute atomic E-state index is 13.3. The Morgan fingerprint density at radius 2 is 2.24 bits per heavy atom. The molecule has 0 fully saturated rings. The molecule has 1 aromatic carbocycles. The van der Waals surface area contributed by atoms with Crippen molar-refractivity contribution in [1.29, 1.82) is 0 Å². The van der Waals surface area contributed by atoms with Crippen LogP contribution in [0, 0.1) is 5.82 Å². The Kier molecular flexibility index (Phi) is 3.76. The summed E-state index contributed by atoms with van der Waals surface area (Å²) < 4.78 is 15.2. The molecule has 0 atom stereocenters. The predicted molar refractivity (Wildman–Crippen MR) is 65.5 cm³/mol. The van der Waals surface area contributed by atoms with Crippen molar-refractivity contribution in [2.45, 2.75) is 13.0 Å². The highest BCUT2D eigenvalue weighted by molar-refractivity contribution is 6.31. The molecule has 0 spiro atoms. The van der Waals surface area contributed by atoms with Crippen molar-refractivity contribution in [3.05, 3.63) is 52.8 Å². The SMILES string of the molecule is NCCc1nccn1Cc1cccc(F)c1Cl. The van der Waals surface area contributed by atoms with E-state index in [9.17, 15) is 4.39 Å². The molecular weight excluding hydrogens is 241 g/mol. The molecule has 0 saturated carbocycles. The number of imidazole rings is 1. The van der Waals surface area contributed by atoms with E-state index in [1.807, 2.05) is 10.8 Å². The van der Waals surface area contributed by atoms with Crippen LogP contribution in [0.5, 0.6) is 0 Å². The van der Waals surface area contributed by atoms with Crippen molar-refractivity contribution in [3.63, 3.8) is 0 Å². The van der Waals surface area contributed by atoms with Gasteiger partial charge in [0, 0.05) is 18.8 Å². The fourth-order valence-electron chi connectivity index (χ4n) is 1.70. The van der Waals surface area contributed by atoms with E-state index in [-0.39, 0.29) is 5.02 Å². The molecule has 1 aromatic heterocycles. The maximum atomic E-state index is 13.3. The van der Waals surface area contributed by atoms with Gasteiger partial charge in [-0.2, -0.15) is 0 Å². The van der Waals surface area contributed by atoms with E-state index in [1.165, 1.54) is 6.07 Å². The van der Waals surface area contributed by atoms with Gasteiger partial charge in [-0.15, -0.1) is 0 Å². The Morgan fingerprint density at radius 3 is 3.00 bits per heavy atom. The summed E-state index contributed by atoms with van der Waals surface area (Å²) in [6.45, 7) is 1.04. The first kappa shape index (κ1) is 12.1. The average molecular weight is 254 g/mol. The van der Waals surface area contributed by atoms with Crippen molar-refractivity contribution in [3.8, 4) is 0 Å². The van der Waals surface area contributed by atoms with Gasteiger partial charge in [0.2, 0.25) is 0 Å². The zero-order chi connectivity index (χ0) is 12.3. The van der Waals surface area contributed by atoms with Gasteiger partial charge in [-0.3, -0.25) is 0 Å². The third kappa shape index (κ3) is 2.65. The Balaban J connectivity index is 2.25. The van der Waals surface area contributed by atoms with Crippen molar-refractivity contribution in [2.75, 3.05) is 6.54 Å². The molecular formula is C12H13ClFN3.